The highest BCUT2D eigenvalue weighted by Gasteiger charge is 2.20. The molecule has 0 aliphatic rings. The van der Waals surface area contributed by atoms with Crippen LogP contribution in [0.4, 0.5) is 0 Å². The summed E-state index contributed by atoms with van der Waals surface area (Å²) in [5.41, 5.74) is 0.697. The van der Waals surface area contributed by atoms with Crippen molar-refractivity contribution >= 4 is 21.9 Å². The molecule has 0 radical (unpaired) electrons. The third kappa shape index (κ3) is 6.31. The second-order valence-electron chi connectivity index (χ2n) is 5.68. The lowest BCUT2D eigenvalue weighted by Crippen LogP contribution is -2.34. The molecule has 0 bridgehead atoms. The minimum atomic E-state index is -4.08. The van der Waals surface area contributed by atoms with Gasteiger partial charge in [0.1, 0.15) is 18.4 Å². The van der Waals surface area contributed by atoms with Gasteiger partial charge < -0.3 is 14.8 Å². The molecule has 9 nitrogen and oxygen atoms in total. The normalized spacial score (nSPS) is 10.6. The van der Waals surface area contributed by atoms with Crippen molar-refractivity contribution in [1.82, 2.24) is 10.0 Å². The van der Waals surface area contributed by atoms with Crippen LogP contribution in [0.2, 0.25) is 0 Å². The molecule has 0 saturated carbocycles. The van der Waals surface area contributed by atoms with Crippen molar-refractivity contribution in [3.63, 3.8) is 0 Å². The Labute approximate surface area is 168 Å². The van der Waals surface area contributed by atoms with Gasteiger partial charge in [-0.3, -0.25) is 9.59 Å². The van der Waals surface area contributed by atoms with Gasteiger partial charge in [-0.1, -0.05) is 30.3 Å². The number of para-hydroxylation sites is 1. The maximum Gasteiger partial charge on any atom is 0.321 e. The smallest absolute Gasteiger partial charge is 0.321 e. The second-order valence-corrected chi connectivity index (χ2v) is 7.42. The van der Waals surface area contributed by atoms with Gasteiger partial charge >= 0.3 is 5.97 Å². The van der Waals surface area contributed by atoms with E-state index in [0.717, 1.165) is 5.56 Å². The van der Waals surface area contributed by atoms with Gasteiger partial charge in [0.15, 0.2) is 6.61 Å². The Morgan fingerprint density at radius 1 is 1.10 bits per heavy atom. The quantitative estimate of drug-likeness (QED) is 0.574. The van der Waals surface area contributed by atoms with Crippen LogP contribution in [0, 0.1) is 11.3 Å². The van der Waals surface area contributed by atoms with E-state index < -0.39 is 35.1 Å². The first-order valence-corrected chi connectivity index (χ1v) is 9.88. The number of nitrogens with one attached hydrogen (secondary N) is 2. The molecule has 0 saturated heterocycles. The number of methoxy groups -OCH3 is 1. The molecule has 0 atom stereocenters. The summed E-state index contributed by atoms with van der Waals surface area (Å²) in [5, 5.41) is 11.6. The minimum Gasteiger partial charge on any atom is -0.496 e. The number of hydrogen-bond acceptors (Lipinski definition) is 7. The summed E-state index contributed by atoms with van der Waals surface area (Å²) >= 11 is 0. The van der Waals surface area contributed by atoms with Crippen LogP contribution in [-0.4, -0.2) is 40.6 Å². The monoisotopic (exact) mass is 417 g/mol. The molecule has 1 amide bonds. The van der Waals surface area contributed by atoms with E-state index in [0.29, 0.717) is 5.75 Å². The molecule has 29 heavy (non-hydrogen) atoms. The third-order valence-corrected chi connectivity index (χ3v) is 5.20. The van der Waals surface area contributed by atoms with E-state index in [1.54, 1.807) is 30.3 Å². The van der Waals surface area contributed by atoms with Crippen LogP contribution in [0.1, 0.15) is 11.1 Å². The SMILES string of the molecule is COc1ccccc1CNC(=O)COC(=O)CNS(=O)(=O)c1ccccc1C#N. The molecule has 0 spiro atoms. The topological polar surface area (TPSA) is 135 Å². The number of nitrogens with zero attached hydrogens (tertiary/aromatic N) is 1. The minimum absolute atomic E-state index is 0.0518. The van der Waals surface area contributed by atoms with Crippen molar-refractivity contribution in [3.05, 3.63) is 59.7 Å². The highest BCUT2D eigenvalue weighted by molar-refractivity contribution is 7.89. The molecule has 0 aromatic heterocycles. The maximum absolute atomic E-state index is 12.2. The van der Waals surface area contributed by atoms with Crippen molar-refractivity contribution in [3.8, 4) is 11.8 Å². The Hall–Kier alpha value is -3.42. The van der Waals surface area contributed by atoms with Crippen LogP contribution in [0.3, 0.4) is 0 Å². The Morgan fingerprint density at radius 3 is 2.52 bits per heavy atom. The number of ether oxygens (including phenoxy) is 2. The molecule has 2 N–H and O–H groups in total. The largest absolute Gasteiger partial charge is 0.496 e. The van der Waals surface area contributed by atoms with E-state index in [2.05, 4.69) is 5.32 Å². The van der Waals surface area contributed by atoms with Crippen molar-refractivity contribution in [2.45, 2.75) is 11.4 Å². The zero-order valence-corrected chi connectivity index (χ0v) is 16.4. The van der Waals surface area contributed by atoms with Gasteiger partial charge in [0, 0.05) is 12.1 Å². The van der Waals surface area contributed by atoms with Crippen LogP contribution in [0.25, 0.3) is 0 Å². The lowest BCUT2D eigenvalue weighted by molar-refractivity contribution is -0.147. The highest BCUT2D eigenvalue weighted by atomic mass is 32.2. The van der Waals surface area contributed by atoms with Crippen LogP contribution in [0.15, 0.2) is 53.4 Å². The van der Waals surface area contributed by atoms with Crippen LogP contribution in [-0.2, 0) is 30.9 Å². The van der Waals surface area contributed by atoms with E-state index in [-0.39, 0.29) is 17.0 Å². The number of esters is 1. The van der Waals surface area contributed by atoms with Crippen LogP contribution in [0.5, 0.6) is 5.75 Å². The molecule has 2 aromatic rings. The summed E-state index contributed by atoms with van der Waals surface area (Å²) < 4.78 is 36.4. The van der Waals surface area contributed by atoms with E-state index in [4.69, 9.17) is 14.7 Å². The summed E-state index contributed by atoms with van der Waals surface area (Å²) in [7, 11) is -2.57. The summed E-state index contributed by atoms with van der Waals surface area (Å²) in [6.45, 7) is -1.07. The van der Waals surface area contributed by atoms with Gasteiger partial charge in [0.25, 0.3) is 5.91 Å². The summed E-state index contributed by atoms with van der Waals surface area (Å²) in [6, 6.07) is 14.5. The molecule has 0 fully saturated rings. The molecule has 0 aliphatic carbocycles. The Bertz CT molecular complexity index is 1030. The lowest BCUT2D eigenvalue weighted by atomic mass is 10.2. The van der Waals surface area contributed by atoms with E-state index in [1.165, 1.54) is 31.4 Å². The average molecular weight is 417 g/mol. The summed E-state index contributed by atoms with van der Waals surface area (Å²) in [5.74, 6) is -0.880. The van der Waals surface area contributed by atoms with Crippen molar-refractivity contribution in [2.75, 3.05) is 20.3 Å². The number of amides is 1. The first kappa shape index (κ1) is 21.9. The zero-order valence-electron chi connectivity index (χ0n) is 15.5. The Morgan fingerprint density at radius 2 is 1.79 bits per heavy atom. The summed E-state index contributed by atoms with van der Waals surface area (Å²) in [4.78, 5) is 23.3. The first-order chi connectivity index (χ1) is 13.9. The maximum atomic E-state index is 12.2. The number of carbonyl (C=O) groups is 2. The van der Waals surface area contributed by atoms with Crippen LogP contribution >= 0.6 is 0 Å². The van der Waals surface area contributed by atoms with Crippen molar-refractivity contribution in [2.24, 2.45) is 0 Å². The molecule has 0 unspecified atom stereocenters. The molecular formula is C19H19N3O6S. The Balaban J connectivity index is 1.81. The molecular weight excluding hydrogens is 398 g/mol. The van der Waals surface area contributed by atoms with Crippen molar-refractivity contribution < 1.29 is 27.5 Å². The standard InChI is InChI=1S/C19H19N3O6S/c1-27-16-8-4-2-7-15(16)11-21-18(23)13-28-19(24)12-22-29(25,26)17-9-5-3-6-14(17)10-20/h2-9,22H,11-13H2,1H3,(H,21,23). The number of sulfonamides is 1. The van der Waals surface area contributed by atoms with Gasteiger partial charge in [0.05, 0.1) is 17.6 Å². The molecule has 152 valence electrons. The van der Waals surface area contributed by atoms with Gasteiger partial charge in [0.2, 0.25) is 10.0 Å². The molecule has 0 aliphatic heterocycles. The molecule has 10 heteroatoms. The lowest BCUT2D eigenvalue weighted by Gasteiger charge is -2.10. The second kappa shape index (κ2) is 10.2. The van der Waals surface area contributed by atoms with E-state index in [9.17, 15) is 18.0 Å². The zero-order chi connectivity index (χ0) is 21.3. The highest BCUT2D eigenvalue weighted by Crippen LogP contribution is 2.16. The van der Waals surface area contributed by atoms with Gasteiger partial charge in [-0.25, -0.2) is 8.42 Å². The number of benzene rings is 2. The summed E-state index contributed by atoms with van der Waals surface area (Å²) in [6.07, 6.45) is 0. The van der Waals surface area contributed by atoms with Gasteiger partial charge in [-0.05, 0) is 18.2 Å². The third-order valence-electron chi connectivity index (χ3n) is 3.74. The fourth-order valence-electron chi connectivity index (χ4n) is 2.32. The molecule has 2 aromatic carbocycles. The number of rotatable bonds is 9. The number of nitriles is 1. The van der Waals surface area contributed by atoms with Crippen LogP contribution < -0.4 is 14.8 Å². The van der Waals surface area contributed by atoms with E-state index >= 15 is 0 Å². The fourth-order valence-corrected chi connectivity index (χ4v) is 3.44. The predicted octanol–water partition coefficient (Wildman–Crippen LogP) is 0.705. The molecule has 2 rings (SSSR count). The van der Waals surface area contributed by atoms with E-state index in [1.807, 2.05) is 4.72 Å². The number of carbonyl (C=O) groups excluding carboxylic acids is 2. The predicted molar refractivity (Wildman–Crippen MR) is 102 cm³/mol. The van der Waals surface area contributed by atoms with Crippen molar-refractivity contribution in [1.29, 1.82) is 5.26 Å². The number of hydrogen-bond donors (Lipinski definition) is 2. The Kier molecular flexibility index (Phi) is 7.70. The molecule has 0 heterocycles. The van der Waals surface area contributed by atoms with Gasteiger partial charge in [-0.15, -0.1) is 0 Å². The van der Waals surface area contributed by atoms with Gasteiger partial charge in [-0.2, -0.15) is 9.98 Å². The first-order valence-electron chi connectivity index (χ1n) is 8.40. The average Bonchev–Trinajstić information content (AvgIpc) is 2.74. The fraction of sp³-hybridized carbons (Fsp3) is 0.211.